The molecule has 0 aliphatic heterocycles. The van der Waals surface area contributed by atoms with Gasteiger partial charge in [0.25, 0.3) is 0 Å². The van der Waals surface area contributed by atoms with E-state index in [-0.39, 0.29) is 0 Å². The fraction of sp³-hybridized carbons (Fsp3) is 1.00. The lowest BCUT2D eigenvalue weighted by molar-refractivity contribution is -0.0182. The van der Waals surface area contributed by atoms with E-state index in [0.717, 1.165) is 0 Å². The third kappa shape index (κ3) is 0.844. The first-order valence-electron chi connectivity index (χ1n) is 2.76. The predicted molar refractivity (Wildman–Crippen MR) is 27.3 cm³/mol. The van der Waals surface area contributed by atoms with E-state index in [1.807, 2.05) is 0 Å². The molecule has 1 saturated carbocycles. The number of rotatable bonds is 0. The van der Waals surface area contributed by atoms with Crippen LogP contribution in [-0.2, 0) is 0 Å². The van der Waals surface area contributed by atoms with Crippen molar-refractivity contribution in [3.05, 3.63) is 0 Å². The highest BCUT2D eigenvalue weighted by Crippen LogP contribution is 2.18. The molecular weight excluding hydrogens is 108 g/mol. The van der Waals surface area contributed by atoms with Crippen molar-refractivity contribution in [2.24, 2.45) is 0 Å². The Morgan fingerprint density at radius 3 is 1.38 bits per heavy atom. The van der Waals surface area contributed by atoms with Gasteiger partial charge in [-0.1, -0.05) is 0 Å². The van der Waals surface area contributed by atoms with Gasteiger partial charge >= 0.3 is 0 Å². The van der Waals surface area contributed by atoms with Crippen LogP contribution in [0.5, 0.6) is 0 Å². The SMILES string of the molecule is OC1CC[C@@H](O)C1O. The lowest BCUT2D eigenvalue weighted by Gasteiger charge is -2.08. The van der Waals surface area contributed by atoms with Crippen molar-refractivity contribution >= 4 is 0 Å². The summed E-state index contributed by atoms with van der Waals surface area (Å²) in [5, 5.41) is 26.3. The van der Waals surface area contributed by atoms with E-state index in [0.29, 0.717) is 12.8 Å². The highest BCUT2D eigenvalue weighted by Gasteiger charge is 2.31. The summed E-state index contributed by atoms with van der Waals surface area (Å²) >= 11 is 0. The van der Waals surface area contributed by atoms with E-state index < -0.39 is 18.3 Å². The first-order chi connectivity index (χ1) is 3.72. The number of hydrogen-bond acceptors (Lipinski definition) is 3. The largest absolute Gasteiger partial charge is 0.390 e. The Kier molecular flexibility index (Phi) is 1.51. The normalized spacial score (nSPS) is 47.6. The molecule has 0 radical (unpaired) electrons. The van der Waals surface area contributed by atoms with Gasteiger partial charge in [-0.15, -0.1) is 0 Å². The number of hydrogen-bond donors (Lipinski definition) is 3. The summed E-state index contributed by atoms with van der Waals surface area (Å²) in [6.07, 6.45) is -1.28. The topological polar surface area (TPSA) is 60.7 Å². The van der Waals surface area contributed by atoms with Crippen LogP contribution in [0, 0.1) is 0 Å². The zero-order valence-corrected chi connectivity index (χ0v) is 4.49. The van der Waals surface area contributed by atoms with Crippen LogP contribution in [0.4, 0.5) is 0 Å². The van der Waals surface area contributed by atoms with E-state index in [1.54, 1.807) is 0 Å². The monoisotopic (exact) mass is 118 g/mol. The number of aliphatic hydroxyl groups excluding tert-OH is 3. The summed E-state index contributed by atoms with van der Waals surface area (Å²) in [6, 6.07) is 0. The third-order valence-corrected chi connectivity index (χ3v) is 1.55. The summed E-state index contributed by atoms with van der Waals surface area (Å²) in [4.78, 5) is 0. The Labute approximate surface area is 47.6 Å². The van der Waals surface area contributed by atoms with E-state index in [1.165, 1.54) is 0 Å². The van der Waals surface area contributed by atoms with Gasteiger partial charge in [-0.25, -0.2) is 0 Å². The molecule has 0 aromatic heterocycles. The second-order valence-corrected chi connectivity index (χ2v) is 2.20. The van der Waals surface area contributed by atoms with Gasteiger partial charge in [-0.2, -0.15) is 0 Å². The molecule has 0 heterocycles. The van der Waals surface area contributed by atoms with Crippen LogP contribution in [0.25, 0.3) is 0 Å². The van der Waals surface area contributed by atoms with Crippen molar-refractivity contribution in [3.63, 3.8) is 0 Å². The molecule has 3 N–H and O–H groups in total. The molecule has 1 aliphatic carbocycles. The van der Waals surface area contributed by atoms with Gasteiger partial charge in [0.15, 0.2) is 0 Å². The van der Waals surface area contributed by atoms with Gasteiger partial charge in [-0.3, -0.25) is 0 Å². The molecule has 48 valence electrons. The van der Waals surface area contributed by atoms with Crippen molar-refractivity contribution < 1.29 is 15.3 Å². The molecule has 3 nitrogen and oxygen atoms in total. The maximum atomic E-state index is 8.77. The van der Waals surface area contributed by atoms with Gasteiger partial charge in [-0.05, 0) is 12.8 Å². The maximum absolute atomic E-state index is 8.77. The van der Waals surface area contributed by atoms with Gasteiger partial charge < -0.3 is 15.3 Å². The fourth-order valence-corrected chi connectivity index (χ4v) is 0.939. The standard InChI is InChI=1S/C5H10O3/c6-3-1-2-4(7)5(3)8/h3-8H,1-2H2/t3-,4?,5?/m1/s1. The molecule has 1 fully saturated rings. The van der Waals surface area contributed by atoms with Crippen LogP contribution in [0.15, 0.2) is 0 Å². The van der Waals surface area contributed by atoms with Crippen molar-refractivity contribution in [1.82, 2.24) is 0 Å². The van der Waals surface area contributed by atoms with Crippen molar-refractivity contribution in [3.8, 4) is 0 Å². The van der Waals surface area contributed by atoms with Crippen LogP contribution in [-0.4, -0.2) is 33.6 Å². The molecule has 0 spiro atoms. The zero-order valence-electron chi connectivity index (χ0n) is 4.49. The summed E-state index contributed by atoms with van der Waals surface area (Å²) in [5.74, 6) is 0. The van der Waals surface area contributed by atoms with Crippen LogP contribution in [0.2, 0.25) is 0 Å². The van der Waals surface area contributed by atoms with Gasteiger partial charge in [0.1, 0.15) is 6.10 Å². The average Bonchev–Trinajstić information content (AvgIpc) is 1.98. The van der Waals surface area contributed by atoms with Crippen LogP contribution in [0.1, 0.15) is 12.8 Å². The van der Waals surface area contributed by atoms with Crippen molar-refractivity contribution in [2.75, 3.05) is 0 Å². The van der Waals surface area contributed by atoms with Gasteiger partial charge in [0.05, 0.1) is 12.2 Å². The molecule has 3 heteroatoms. The maximum Gasteiger partial charge on any atom is 0.106 e. The Morgan fingerprint density at radius 1 is 0.875 bits per heavy atom. The molecule has 3 atom stereocenters. The van der Waals surface area contributed by atoms with Crippen LogP contribution >= 0.6 is 0 Å². The molecule has 2 unspecified atom stereocenters. The van der Waals surface area contributed by atoms with Crippen LogP contribution < -0.4 is 0 Å². The highest BCUT2D eigenvalue weighted by atomic mass is 16.4. The molecule has 1 aliphatic rings. The number of aliphatic hydroxyl groups is 3. The Bertz CT molecular complexity index is 73.7. The summed E-state index contributed by atoms with van der Waals surface area (Å²) in [6.45, 7) is 0. The van der Waals surface area contributed by atoms with Gasteiger partial charge in [0, 0.05) is 0 Å². The molecule has 1 rings (SSSR count). The van der Waals surface area contributed by atoms with E-state index >= 15 is 0 Å². The molecule has 0 saturated heterocycles. The minimum atomic E-state index is -0.907. The van der Waals surface area contributed by atoms with E-state index in [4.69, 9.17) is 15.3 Å². The van der Waals surface area contributed by atoms with Gasteiger partial charge in [0.2, 0.25) is 0 Å². The predicted octanol–water partition coefficient (Wildman–Crippen LogP) is -1.14. The van der Waals surface area contributed by atoms with Crippen LogP contribution in [0.3, 0.4) is 0 Å². The Morgan fingerprint density at radius 2 is 1.25 bits per heavy atom. The second-order valence-electron chi connectivity index (χ2n) is 2.20. The summed E-state index contributed by atoms with van der Waals surface area (Å²) in [5.41, 5.74) is 0. The summed E-state index contributed by atoms with van der Waals surface area (Å²) in [7, 11) is 0. The molecule has 0 bridgehead atoms. The molecule has 0 amide bonds. The fourth-order valence-electron chi connectivity index (χ4n) is 0.939. The smallest absolute Gasteiger partial charge is 0.106 e. The van der Waals surface area contributed by atoms with E-state index in [9.17, 15) is 0 Å². The molecule has 8 heavy (non-hydrogen) atoms. The molecule has 0 aromatic carbocycles. The lowest BCUT2D eigenvalue weighted by Crippen LogP contribution is -2.28. The lowest BCUT2D eigenvalue weighted by atomic mass is 10.2. The highest BCUT2D eigenvalue weighted by molar-refractivity contribution is 4.83. The van der Waals surface area contributed by atoms with Crippen molar-refractivity contribution in [1.29, 1.82) is 0 Å². The minimum Gasteiger partial charge on any atom is -0.390 e. The first kappa shape index (κ1) is 6.01. The van der Waals surface area contributed by atoms with E-state index in [2.05, 4.69) is 0 Å². The molecule has 0 aromatic rings. The van der Waals surface area contributed by atoms with Crippen molar-refractivity contribution in [2.45, 2.75) is 31.2 Å². The Balaban J connectivity index is 2.44. The molecular formula is C5H10O3. The summed E-state index contributed by atoms with van der Waals surface area (Å²) < 4.78 is 0. The third-order valence-electron chi connectivity index (χ3n) is 1.55. The average molecular weight is 118 g/mol. The Hall–Kier alpha value is -0.120. The first-order valence-corrected chi connectivity index (χ1v) is 2.76. The quantitative estimate of drug-likeness (QED) is 0.377. The second kappa shape index (κ2) is 2.01. The minimum absolute atomic E-state index is 0.516. The zero-order chi connectivity index (χ0) is 6.15.